The molecule has 1 spiro atoms. The number of fused-ring (bicyclic) bond motifs is 4. The largest absolute Gasteiger partial charge is 0.468 e. The summed E-state index contributed by atoms with van der Waals surface area (Å²) in [5.41, 5.74) is 0.303. The number of allylic oxidation sites excluding steroid dienone is 1. The van der Waals surface area contributed by atoms with Crippen LogP contribution in [0.1, 0.15) is 25.3 Å². The van der Waals surface area contributed by atoms with E-state index in [0.717, 1.165) is 29.7 Å². The van der Waals surface area contributed by atoms with E-state index in [1.165, 1.54) is 7.11 Å². The molecule has 1 N–H and O–H groups in total. The highest BCUT2D eigenvalue weighted by Crippen LogP contribution is 2.75. The first-order valence-electron chi connectivity index (χ1n) is 9.60. The fraction of sp³-hybridized carbons (Fsp3) is 0.524. The molecule has 6 atom stereocenters. The molecule has 0 radical (unpaired) electrons. The Labute approximate surface area is 157 Å². The van der Waals surface area contributed by atoms with Crippen LogP contribution in [-0.2, 0) is 24.5 Å². The van der Waals surface area contributed by atoms with Gasteiger partial charge in [0.1, 0.15) is 17.9 Å². The summed E-state index contributed by atoms with van der Waals surface area (Å²) in [5.74, 6) is -0.611. The highest BCUT2D eigenvalue weighted by molar-refractivity contribution is 5.99. The van der Waals surface area contributed by atoms with Crippen LogP contribution < -0.4 is 5.32 Å². The minimum Gasteiger partial charge on any atom is -0.468 e. The molecule has 1 saturated carbocycles. The molecule has 0 aromatic heterocycles. The molecule has 1 aromatic carbocycles. The fourth-order valence-corrected chi connectivity index (χ4v) is 7.14. The van der Waals surface area contributed by atoms with Gasteiger partial charge in [-0.15, -0.1) is 0 Å². The van der Waals surface area contributed by atoms with Crippen LogP contribution in [0.4, 0.5) is 5.69 Å². The maximum atomic E-state index is 13.4. The first-order chi connectivity index (χ1) is 13.1. The quantitative estimate of drug-likeness (QED) is 0.373. The van der Waals surface area contributed by atoms with Crippen molar-refractivity contribution >= 4 is 17.9 Å². The predicted octanol–water partition coefficient (Wildman–Crippen LogP) is 1.81. The number of methoxy groups -OCH3 is 1. The Hall–Kier alpha value is -2.18. The van der Waals surface area contributed by atoms with Gasteiger partial charge in [-0.05, 0) is 25.0 Å². The molecule has 27 heavy (non-hydrogen) atoms. The molecule has 4 heterocycles. The van der Waals surface area contributed by atoms with Crippen LogP contribution in [0.25, 0.3) is 0 Å². The molecule has 4 fully saturated rings. The second-order valence-corrected chi connectivity index (χ2v) is 8.41. The van der Waals surface area contributed by atoms with Crippen LogP contribution >= 0.6 is 0 Å². The van der Waals surface area contributed by atoms with Crippen molar-refractivity contribution in [3.63, 3.8) is 0 Å². The maximum absolute atomic E-state index is 13.4. The number of ether oxygens (including phenoxy) is 2. The van der Waals surface area contributed by atoms with Crippen molar-refractivity contribution in [2.45, 2.75) is 43.2 Å². The lowest BCUT2D eigenvalue weighted by Gasteiger charge is -2.63. The molecule has 1 aliphatic carbocycles. The normalized spacial score (nSPS) is 46.9. The smallest absolute Gasteiger partial charge is 0.320 e. The van der Waals surface area contributed by atoms with Gasteiger partial charge in [-0.25, -0.2) is 0 Å². The molecule has 6 heteroatoms. The van der Waals surface area contributed by atoms with Crippen molar-refractivity contribution in [2.75, 3.05) is 19.0 Å². The Kier molecular flexibility index (Phi) is 2.71. The average molecular weight is 366 g/mol. The summed E-state index contributed by atoms with van der Waals surface area (Å²) in [6.07, 6.45) is 4.18. The lowest BCUT2D eigenvalue weighted by molar-refractivity contribution is -0.182. The molecule has 6 nitrogen and oxygen atoms in total. The van der Waals surface area contributed by atoms with Crippen molar-refractivity contribution < 1.29 is 19.1 Å². The van der Waals surface area contributed by atoms with E-state index in [9.17, 15) is 9.59 Å². The molecule has 1 aromatic rings. The molecule has 0 amide bonds. The number of carbonyl (C=O) groups excluding carboxylic acids is 2. The minimum atomic E-state index is -1.29. The van der Waals surface area contributed by atoms with Crippen LogP contribution in [-0.4, -0.2) is 48.8 Å². The highest BCUT2D eigenvalue weighted by atomic mass is 16.6. The number of piperidine rings is 2. The number of hydrogen-bond donors (Lipinski definition) is 1. The molecular weight excluding hydrogens is 344 g/mol. The van der Waals surface area contributed by atoms with Crippen molar-refractivity contribution in [3.8, 4) is 0 Å². The van der Waals surface area contributed by atoms with Gasteiger partial charge in [0.15, 0.2) is 5.72 Å². The third-order valence-corrected chi connectivity index (χ3v) is 7.99. The summed E-state index contributed by atoms with van der Waals surface area (Å²) < 4.78 is 11.9. The van der Waals surface area contributed by atoms with E-state index in [2.05, 4.69) is 16.3 Å². The van der Waals surface area contributed by atoms with E-state index in [1.807, 2.05) is 31.2 Å². The van der Waals surface area contributed by atoms with Crippen LogP contribution in [0.5, 0.6) is 0 Å². The first-order valence-corrected chi connectivity index (χ1v) is 9.60. The van der Waals surface area contributed by atoms with Crippen molar-refractivity contribution in [3.05, 3.63) is 41.5 Å². The Morgan fingerprint density at radius 3 is 2.96 bits per heavy atom. The topological polar surface area (TPSA) is 67.9 Å². The third-order valence-electron chi connectivity index (χ3n) is 7.99. The number of aldehydes is 1. The van der Waals surface area contributed by atoms with Gasteiger partial charge in [-0.1, -0.05) is 29.8 Å². The molecule has 140 valence electrons. The van der Waals surface area contributed by atoms with Crippen LogP contribution in [0.3, 0.4) is 0 Å². The molecule has 4 aliphatic heterocycles. The zero-order valence-corrected chi connectivity index (χ0v) is 15.4. The molecule has 4 bridgehead atoms. The second kappa shape index (κ2) is 4.62. The van der Waals surface area contributed by atoms with E-state index in [-0.39, 0.29) is 18.2 Å². The van der Waals surface area contributed by atoms with E-state index in [1.54, 1.807) is 0 Å². The van der Waals surface area contributed by atoms with Gasteiger partial charge in [0.2, 0.25) is 0 Å². The molecule has 0 unspecified atom stereocenters. The SMILES string of the molecule is CC=C1CN2[C@@H]3C[C@@]45c6ccccc6N[C@]4(O3)[C@@H]2C[C@@H]1[C@@]5(C=O)C(=O)OC. The van der Waals surface area contributed by atoms with Gasteiger partial charge in [-0.2, -0.15) is 0 Å². The van der Waals surface area contributed by atoms with Crippen LogP contribution in [0, 0.1) is 11.3 Å². The predicted molar refractivity (Wildman–Crippen MR) is 96.8 cm³/mol. The van der Waals surface area contributed by atoms with E-state index >= 15 is 0 Å². The molecule has 6 rings (SSSR count). The average Bonchev–Trinajstić information content (AvgIpc) is 3.30. The summed E-state index contributed by atoms with van der Waals surface area (Å²) in [5, 5.41) is 3.63. The Morgan fingerprint density at radius 2 is 2.22 bits per heavy atom. The Bertz CT molecular complexity index is 929. The van der Waals surface area contributed by atoms with Gasteiger partial charge in [0.25, 0.3) is 0 Å². The number of anilines is 1. The number of nitrogens with zero attached hydrogens (tertiary/aromatic N) is 1. The number of carbonyl (C=O) groups is 2. The Balaban J connectivity index is 1.75. The summed E-state index contributed by atoms with van der Waals surface area (Å²) in [6.45, 7) is 2.73. The molecular formula is C21H22N2O4. The van der Waals surface area contributed by atoms with Gasteiger partial charge in [0, 0.05) is 24.6 Å². The zero-order valence-electron chi connectivity index (χ0n) is 15.4. The van der Waals surface area contributed by atoms with E-state index in [4.69, 9.17) is 9.47 Å². The first kappa shape index (κ1) is 15.8. The number of rotatable bonds is 2. The standard InChI is InChI=1S/C21H22N2O4/c1-3-12-10-23-16-8-14(12)19(11-24,18(25)26-2)20-9-17(23)27-21(16,20)22-15-7-5-4-6-13(15)20/h3-7,11,14,16-17,22H,8-10H2,1-2H3/t14-,16-,17-,19-,20-,21-/m0/s1. The number of benzene rings is 1. The van der Waals surface area contributed by atoms with Gasteiger partial charge >= 0.3 is 5.97 Å². The van der Waals surface area contributed by atoms with Gasteiger partial charge < -0.3 is 19.6 Å². The molecule has 5 aliphatic rings. The minimum absolute atomic E-state index is 0.101. The monoisotopic (exact) mass is 366 g/mol. The highest BCUT2D eigenvalue weighted by Gasteiger charge is 2.87. The summed E-state index contributed by atoms with van der Waals surface area (Å²) in [7, 11) is 1.38. The van der Waals surface area contributed by atoms with Gasteiger partial charge in [-0.3, -0.25) is 9.69 Å². The number of hydrogen-bond acceptors (Lipinski definition) is 6. The second-order valence-electron chi connectivity index (χ2n) is 8.41. The van der Waals surface area contributed by atoms with Gasteiger partial charge in [0.05, 0.1) is 18.6 Å². The van der Waals surface area contributed by atoms with Crippen molar-refractivity contribution in [1.29, 1.82) is 0 Å². The lowest BCUT2D eigenvalue weighted by atomic mass is 9.42. The zero-order chi connectivity index (χ0) is 18.6. The summed E-state index contributed by atoms with van der Waals surface area (Å²) in [4.78, 5) is 28.7. The van der Waals surface area contributed by atoms with Crippen molar-refractivity contribution in [2.24, 2.45) is 11.3 Å². The Morgan fingerprint density at radius 1 is 1.41 bits per heavy atom. The third kappa shape index (κ3) is 1.32. The number of nitrogens with one attached hydrogen (secondary N) is 1. The summed E-state index contributed by atoms with van der Waals surface area (Å²) >= 11 is 0. The maximum Gasteiger partial charge on any atom is 0.320 e. The number of esters is 1. The number of para-hydroxylation sites is 1. The van der Waals surface area contributed by atoms with E-state index in [0.29, 0.717) is 12.8 Å². The van der Waals surface area contributed by atoms with Crippen LogP contribution in [0.2, 0.25) is 0 Å². The summed E-state index contributed by atoms with van der Waals surface area (Å²) in [6, 6.07) is 8.15. The fourth-order valence-electron chi connectivity index (χ4n) is 7.14. The van der Waals surface area contributed by atoms with Crippen LogP contribution in [0.15, 0.2) is 35.9 Å². The molecule has 3 saturated heterocycles. The van der Waals surface area contributed by atoms with E-state index < -0.39 is 22.5 Å². The van der Waals surface area contributed by atoms with Crippen molar-refractivity contribution in [1.82, 2.24) is 4.90 Å². The lowest BCUT2D eigenvalue weighted by Crippen LogP contribution is -2.78.